The second-order valence-electron chi connectivity index (χ2n) is 5.66. The van der Waals surface area contributed by atoms with E-state index in [4.69, 9.17) is 0 Å². The molecule has 1 aromatic heterocycles. The number of aliphatic hydroxyl groups is 1. The largest absolute Gasteiger partial charge is 0.388 e. The van der Waals surface area contributed by atoms with Crippen LogP contribution in [0.3, 0.4) is 0 Å². The molecule has 0 spiro atoms. The highest BCUT2D eigenvalue weighted by atomic mass is 79.9. The van der Waals surface area contributed by atoms with Crippen molar-refractivity contribution in [3.05, 3.63) is 22.4 Å². The summed E-state index contributed by atoms with van der Waals surface area (Å²) in [5.74, 6) is -0.125. The number of hydrogen-bond acceptors (Lipinski definition) is 2. The Kier molecular flexibility index (Phi) is 4.36. The molecule has 1 amide bonds. The molecule has 0 aromatic carbocycles. The van der Waals surface area contributed by atoms with Gasteiger partial charge in [-0.2, -0.15) is 0 Å². The topological polar surface area (TPSA) is 54.3 Å². The molecule has 0 atom stereocenters. The van der Waals surface area contributed by atoms with Crippen molar-refractivity contribution < 1.29 is 9.90 Å². The highest BCUT2D eigenvalue weighted by molar-refractivity contribution is 9.10. The lowest BCUT2D eigenvalue weighted by atomic mass is 10.0. The van der Waals surface area contributed by atoms with Crippen LogP contribution >= 0.6 is 15.9 Å². The first-order valence-electron chi connectivity index (χ1n) is 6.79. The molecule has 0 unspecified atom stereocenters. The van der Waals surface area contributed by atoms with Crippen molar-refractivity contribution in [2.45, 2.75) is 51.2 Å². The summed E-state index contributed by atoms with van der Waals surface area (Å²) in [6.45, 7) is 4.41. The average molecular weight is 329 g/mol. The molecule has 0 bridgehead atoms. The van der Waals surface area contributed by atoms with Crippen LogP contribution in [0.4, 0.5) is 0 Å². The molecule has 4 nitrogen and oxygen atoms in total. The van der Waals surface area contributed by atoms with Crippen LogP contribution in [0.5, 0.6) is 0 Å². The molecule has 0 saturated heterocycles. The SMILES string of the molecule is CC(C)n1cc(Br)cc1C(=O)NCC1(O)CCCC1. The summed E-state index contributed by atoms with van der Waals surface area (Å²) in [5, 5.41) is 13.1. The summed E-state index contributed by atoms with van der Waals surface area (Å²) < 4.78 is 2.82. The first kappa shape index (κ1) is 14.6. The maximum Gasteiger partial charge on any atom is 0.268 e. The third-order valence-corrected chi connectivity index (χ3v) is 4.15. The first-order valence-corrected chi connectivity index (χ1v) is 7.58. The molecule has 5 heteroatoms. The zero-order chi connectivity index (χ0) is 14.0. The van der Waals surface area contributed by atoms with Crippen LogP contribution in [-0.2, 0) is 0 Å². The van der Waals surface area contributed by atoms with Gasteiger partial charge in [0.25, 0.3) is 5.91 Å². The molecule has 1 fully saturated rings. The van der Waals surface area contributed by atoms with Crippen molar-refractivity contribution in [3.8, 4) is 0 Å². The minimum atomic E-state index is -0.706. The van der Waals surface area contributed by atoms with Gasteiger partial charge in [0, 0.05) is 23.3 Å². The number of carbonyl (C=O) groups is 1. The Hall–Kier alpha value is -0.810. The highest BCUT2D eigenvalue weighted by Crippen LogP contribution is 2.28. The smallest absolute Gasteiger partial charge is 0.268 e. The number of halogens is 1. The molecular formula is C14H21BrN2O2. The van der Waals surface area contributed by atoms with Crippen LogP contribution in [0.2, 0.25) is 0 Å². The van der Waals surface area contributed by atoms with E-state index >= 15 is 0 Å². The van der Waals surface area contributed by atoms with Crippen LogP contribution < -0.4 is 5.32 Å². The summed E-state index contributed by atoms with van der Waals surface area (Å²) in [6, 6.07) is 2.04. The molecule has 0 radical (unpaired) electrons. The lowest BCUT2D eigenvalue weighted by Crippen LogP contribution is -2.41. The van der Waals surface area contributed by atoms with E-state index in [0.717, 1.165) is 30.2 Å². The number of rotatable bonds is 4. The van der Waals surface area contributed by atoms with Crippen molar-refractivity contribution in [1.82, 2.24) is 9.88 Å². The maximum absolute atomic E-state index is 12.2. The average Bonchev–Trinajstić information content (AvgIpc) is 2.93. The molecular weight excluding hydrogens is 308 g/mol. The Labute approximate surface area is 122 Å². The maximum atomic E-state index is 12.2. The van der Waals surface area contributed by atoms with E-state index in [2.05, 4.69) is 21.2 Å². The van der Waals surface area contributed by atoms with Crippen molar-refractivity contribution in [3.63, 3.8) is 0 Å². The van der Waals surface area contributed by atoms with Gasteiger partial charge in [-0.15, -0.1) is 0 Å². The minimum Gasteiger partial charge on any atom is -0.388 e. The van der Waals surface area contributed by atoms with E-state index in [1.807, 2.05) is 30.7 Å². The monoisotopic (exact) mass is 328 g/mol. The number of hydrogen-bond donors (Lipinski definition) is 2. The number of aromatic nitrogens is 1. The van der Waals surface area contributed by atoms with Crippen LogP contribution in [-0.4, -0.2) is 27.7 Å². The Morgan fingerprint density at radius 3 is 2.74 bits per heavy atom. The molecule has 1 saturated carbocycles. The van der Waals surface area contributed by atoms with Gasteiger partial charge >= 0.3 is 0 Å². The van der Waals surface area contributed by atoms with E-state index in [0.29, 0.717) is 12.2 Å². The van der Waals surface area contributed by atoms with Crippen LogP contribution in [0.1, 0.15) is 56.1 Å². The van der Waals surface area contributed by atoms with Crippen molar-refractivity contribution in [2.24, 2.45) is 0 Å². The zero-order valence-corrected chi connectivity index (χ0v) is 13.0. The summed E-state index contributed by atoms with van der Waals surface area (Å²) in [6.07, 6.45) is 5.55. The van der Waals surface area contributed by atoms with Crippen LogP contribution in [0.25, 0.3) is 0 Å². The molecule has 1 aliphatic carbocycles. The Bertz CT molecular complexity index is 462. The van der Waals surface area contributed by atoms with Gasteiger partial charge in [-0.3, -0.25) is 4.79 Å². The Morgan fingerprint density at radius 1 is 1.53 bits per heavy atom. The lowest BCUT2D eigenvalue weighted by Gasteiger charge is -2.22. The van der Waals surface area contributed by atoms with Gasteiger partial charge in [0.15, 0.2) is 0 Å². The van der Waals surface area contributed by atoms with Gasteiger partial charge in [0.05, 0.1) is 5.60 Å². The quantitative estimate of drug-likeness (QED) is 0.892. The first-order chi connectivity index (χ1) is 8.91. The predicted molar refractivity (Wildman–Crippen MR) is 78.3 cm³/mol. The molecule has 1 aliphatic rings. The summed E-state index contributed by atoms with van der Waals surface area (Å²) >= 11 is 3.40. The van der Waals surface area contributed by atoms with Gasteiger partial charge in [-0.25, -0.2) is 0 Å². The highest BCUT2D eigenvalue weighted by Gasteiger charge is 2.31. The van der Waals surface area contributed by atoms with Gasteiger partial charge in [0.2, 0.25) is 0 Å². The minimum absolute atomic E-state index is 0.125. The molecule has 2 N–H and O–H groups in total. The van der Waals surface area contributed by atoms with E-state index in [9.17, 15) is 9.90 Å². The third-order valence-electron chi connectivity index (χ3n) is 3.72. The fourth-order valence-electron chi connectivity index (χ4n) is 2.60. The zero-order valence-electron chi connectivity index (χ0n) is 11.4. The van der Waals surface area contributed by atoms with Crippen molar-refractivity contribution in [1.29, 1.82) is 0 Å². The standard InChI is InChI=1S/C14H21BrN2O2/c1-10(2)17-8-11(15)7-12(17)13(18)16-9-14(19)5-3-4-6-14/h7-8,10,19H,3-6,9H2,1-2H3,(H,16,18). The van der Waals surface area contributed by atoms with Gasteiger partial charge in [-0.05, 0) is 48.7 Å². The van der Waals surface area contributed by atoms with E-state index in [-0.39, 0.29) is 11.9 Å². The molecule has 1 heterocycles. The predicted octanol–water partition coefficient (Wildman–Crippen LogP) is 2.87. The number of amides is 1. The van der Waals surface area contributed by atoms with E-state index in [1.165, 1.54) is 0 Å². The molecule has 2 rings (SSSR count). The summed E-state index contributed by atoms with van der Waals surface area (Å²) in [7, 11) is 0. The van der Waals surface area contributed by atoms with Crippen molar-refractivity contribution >= 4 is 21.8 Å². The number of nitrogens with one attached hydrogen (secondary N) is 1. The van der Waals surface area contributed by atoms with Crippen LogP contribution in [0, 0.1) is 0 Å². The second-order valence-corrected chi connectivity index (χ2v) is 6.57. The number of carbonyl (C=O) groups excluding carboxylic acids is 1. The molecule has 0 aliphatic heterocycles. The Morgan fingerprint density at radius 2 is 2.16 bits per heavy atom. The third kappa shape index (κ3) is 3.39. The Balaban J connectivity index is 2.03. The van der Waals surface area contributed by atoms with Crippen LogP contribution in [0.15, 0.2) is 16.7 Å². The van der Waals surface area contributed by atoms with Crippen molar-refractivity contribution in [2.75, 3.05) is 6.54 Å². The van der Waals surface area contributed by atoms with E-state index < -0.39 is 5.60 Å². The fraction of sp³-hybridized carbons (Fsp3) is 0.643. The fourth-order valence-corrected chi connectivity index (χ4v) is 3.04. The molecule has 19 heavy (non-hydrogen) atoms. The second kappa shape index (κ2) is 5.67. The number of nitrogens with zero attached hydrogens (tertiary/aromatic N) is 1. The lowest BCUT2D eigenvalue weighted by molar-refractivity contribution is 0.0447. The molecule has 1 aromatic rings. The van der Waals surface area contributed by atoms with Gasteiger partial charge in [0.1, 0.15) is 5.69 Å². The van der Waals surface area contributed by atoms with Gasteiger partial charge in [-0.1, -0.05) is 12.8 Å². The summed E-state index contributed by atoms with van der Waals surface area (Å²) in [5.41, 5.74) is -0.0780. The molecule has 106 valence electrons. The van der Waals surface area contributed by atoms with E-state index in [1.54, 1.807) is 0 Å². The normalized spacial score (nSPS) is 17.9. The van der Waals surface area contributed by atoms with Gasteiger partial charge < -0.3 is 15.0 Å². The summed E-state index contributed by atoms with van der Waals surface area (Å²) in [4.78, 5) is 12.2.